The summed E-state index contributed by atoms with van der Waals surface area (Å²) in [7, 11) is 0. The van der Waals surface area contributed by atoms with Crippen LogP contribution in [0.1, 0.15) is 1.43 Å². The van der Waals surface area contributed by atoms with Gasteiger partial charge >= 0.3 is 68.5 Å². The van der Waals surface area contributed by atoms with Crippen molar-refractivity contribution in [1.29, 1.82) is 31.6 Å². The Kier molecular flexibility index (Phi) is 13200. The van der Waals surface area contributed by atoms with Gasteiger partial charge in [-0.05, 0) is 0 Å². The van der Waals surface area contributed by atoms with E-state index >= 15 is 0 Å². The Balaban J connectivity index is -0.00000000622. The average Bonchev–Trinajstić information content (AvgIpc) is 2.51. The van der Waals surface area contributed by atoms with E-state index in [-0.39, 0.29) is 69.9 Å². The van der Waals surface area contributed by atoms with Gasteiger partial charge in [-0.2, -0.15) is 0 Å². The molecule has 0 rings (SSSR count). The fourth-order valence-corrected chi connectivity index (χ4v) is 0. The summed E-state index contributed by atoms with van der Waals surface area (Å²) in [6.45, 7) is 29.7. The van der Waals surface area contributed by atoms with Crippen LogP contribution in [0.2, 0.25) is 0 Å². The maximum Gasteiger partial charge on any atom is 6.00 e. The second-order valence-electron chi connectivity index (χ2n) is 0.577. The van der Waals surface area contributed by atoms with Crippen molar-refractivity contribution in [3.63, 3.8) is 0 Å². The monoisotopic (exact) mass is 312 g/mol. The molecule has 0 fully saturated rings. The van der Waals surface area contributed by atoms with Crippen LogP contribution in [0.15, 0.2) is 0 Å². The van der Waals surface area contributed by atoms with Crippen LogP contribution in [-0.2, 0) is 17.1 Å². The van der Waals surface area contributed by atoms with Crippen molar-refractivity contribution in [2.75, 3.05) is 13.1 Å². The molecule has 90 valence electrons. The molecule has 0 heterocycles. The molecule has 0 aromatic heterocycles. The van der Waals surface area contributed by atoms with E-state index in [2.05, 4.69) is 0 Å². The minimum atomic E-state index is 0. The molecule has 0 amide bonds. The molecule has 10 heteroatoms. The molecular formula is C8H9FeKN8. The van der Waals surface area contributed by atoms with E-state index in [1.54, 1.807) is 0 Å². The Labute approximate surface area is 163 Å². The fourth-order valence-electron chi connectivity index (χ4n) is 0. The van der Waals surface area contributed by atoms with Gasteiger partial charge in [-0.25, -0.2) is 0 Å². The molecule has 0 aromatic carbocycles. The third-order valence-corrected chi connectivity index (χ3v) is 0.167. The molecule has 0 saturated heterocycles. The summed E-state index contributed by atoms with van der Waals surface area (Å²) in [6, 6.07) is 0. The summed E-state index contributed by atoms with van der Waals surface area (Å²) >= 11 is 0. The summed E-state index contributed by atoms with van der Waals surface area (Å²) < 4.78 is 0. The third kappa shape index (κ3) is 11800000. The Morgan fingerprint density at radius 2 is 0.611 bits per heavy atom. The molecule has 0 radical (unpaired) electrons. The summed E-state index contributed by atoms with van der Waals surface area (Å²) in [5, 5.41) is 37.5. The van der Waals surface area contributed by atoms with Crippen molar-refractivity contribution in [2.24, 2.45) is 11.5 Å². The molecule has 0 aliphatic heterocycles. The molecule has 0 aliphatic carbocycles. The van der Waals surface area contributed by atoms with Gasteiger partial charge in [-0.1, -0.05) is 0 Å². The Hall–Kier alpha value is -0.984. The molecule has 4 N–H and O–H groups in total. The number of hydrogen-bond acceptors (Lipinski definition) is 8. The molecule has 0 aromatic rings. The third-order valence-electron chi connectivity index (χ3n) is 0.167. The second-order valence-corrected chi connectivity index (χ2v) is 0.577. The van der Waals surface area contributed by atoms with Crippen LogP contribution >= 0.6 is 0 Å². The zero-order valence-corrected chi connectivity index (χ0v) is 13.8. The van der Waals surface area contributed by atoms with Crippen LogP contribution in [-0.4, -0.2) is 13.1 Å². The van der Waals surface area contributed by atoms with Gasteiger partial charge in [0.2, 0.25) is 0 Å². The minimum absolute atomic E-state index is 0. The van der Waals surface area contributed by atoms with Crippen LogP contribution < -0.4 is 62.9 Å². The Morgan fingerprint density at radius 3 is 0.611 bits per heavy atom. The standard InChI is InChI=1S/C2H8N2.6CN.Fe.K.H/c3-1-2-4;6*1-2;;;/h1-4H2;;;;;;;;;/q;6*-1;+6;+1;-1. The normalized spacial score (nSPS) is 2.33. The van der Waals surface area contributed by atoms with E-state index in [1.165, 1.54) is 0 Å². The molecule has 18 heavy (non-hydrogen) atoms. The molecule has 0 atom stereocenters. The first-order chi connectivity index (χ1) is 7.91. The molecule has 0 aliphatic rings. The van der Waals surface area contributed by atoms with E-state index in [9.17, 15) is 0 Å². The smallest absolute Gasteiger partial charge is 1.00 e. The first kappa shape index (κ1) is 67.9. The van der Waals surface area contributed by atoms with Crippen LogP contribution in [0.5, 0.6) is 0 Å². The van der Waals surface area contributed by atoms with Crippen LogP contribution in [0.4, 0.5) is 0 Å². The summed E-state index contributed by atoms with van der Waals surface area (Å²) in [4.78, 5) is 0. The quantitative estimate of drug-likeness (QED) is 0.369. The van der Waals surface area contributed by atoms with Crippen molar-refractivity contribution in [3.8, 4) is 0 Å². The van der Waals surface area contributed by atoms with Crippen molar-refractivity contribution in [3.05, 3.63) is 39.4 Å². The second kappa shape index (κ2) is 3500. The maximum atomic E-state index is 6.25. The van der Waals surface area contributed by atoms with E-state index < -0.39 is 0 Å². The zero-order valence-electron chi connectivity index (χ0n) is 10.6. The molecule has 0 spiro atoms. The Morgan fingerprint density at radius 1 is 0.556 bits per heavy atom. The van der Waals surface area contributed by atoms with Crippen LogP contribution in [0.25, 0.3) is 0 Å². The van der Waals surface area contributed by atoms with E-state index in [0.29, 0.717) is 13.1 Å². The maximum absolute atomic E-state index is 6.25. The van der Waals surface area contributed by atoms with Gasteiger partial charge in [0.05, 0.1) is 0 Å². The molecular weight excluding hydrogens is 303 g/mol. The van der Waals surface area contributed by atoms with E-state index in [4.69, 9.17) is 82.5 Å². The predicted molar refractivity (Wildman–Crippen MR) is 49.0 cm³/mol. The van der Waals surface area contributed by atoms with Gasteiger partial charge in [0.25, 0.3) is 0 Å². The van der Waals surface area contributed by atoms with Crippen molar-refractivity contribution in [2.45, 2.75) is 0 Å². The molecule has 0 saturated carbocycles. The Bertz CT molecular complexity index is 129. The average molecular weight is 312 g/mol. The molecule has 8 nitrogen and oxygen atoms in total. The van der Waals surface area contributed by atoms with Crippen molar-refractivity contribution < 1.29 is 69.9 Å². The van der Waals surface area contributed by atoms with Gasteiger partial charge in [-0.15, -0.1) is 0 Å². The number of hydrogen-bond donors (Lipinski definition) is 2. The van der Waals surface area contributed by atoms with E-state index in [0.717, 1.165) is 0 Å². The molecule has 0 bridgehead atoms. The van der Waals surface area contributed by atoms with Gasteiger partial charge in [0.15, 0.2) is 0 Å². The minimum Gasteiger partial charge on any atom is -1.00 e. The number of rotatable bonds is 1. The van der Waals surface area contributed by atoms with Gasteiger partial charge in [0, 0.05) is 13.1 Å². The van der Waals surface area contributed by atoms with Crippen molar-refractivity contribution in [1.82, 2.24) is 0 Å². The first-order valence-corrected chi connectivity index (χ1v) is 2.66. The predicted octanol–water partition coefficient (Wildman–Crippen LogP) is -3.40. The van der Waals surface area contributed by atoms with E-state index in [1.807, 2.05) is 0 Å². The van der Waals surface area contributed by atoms with Gasteiger partial charge in [0.1, 0.15) is 0 Å². The largest absolute Gasteiger partial charge is 6.00 e. The van der Waals surface area contributed by atoms with Gasteiger partial charge < -0.3 is 83.9 Å². The topological polar surface area (TPSA) is 195 Å². The summed E-state index contributed by atoms with van der Waals surface area (Å²) in [5.74, 6) is 0. The number of nitrogens with two attached hydrogens (primary N) is 2. The first-order valence-electron chi connectivity index (χ1n) is 2.66. The van der Waals surface area contributed by atoms with Crippen molar-refractivity contribution >= 4 is 0 Å². The fraction of sp³-hybridized carbons (Fsp3) is 0.250. The zero-order chi connectivity index (χ0) is 15.4. The van der Waals surface area contributed by atoms with Crippen LogP contribution in [0.3, 0.4) is 0 Å². The summed E-state index contributed by atoms with van der Waals surface area (Å²) in [5.41, 5.74) is 9.81. The van der Waals surface area contributed by atoms with Gasteiger partial charge in [-0.3, -0.25) is 0 Å². The summed E-state index contributed by atoms with van der Waals surface area (Å²) in [6.07, 6.45) is 0. The SMILES string of the molecule is NCCN.[C-]#N.[C-]#N.[C-]#N.[C-]#N.[C-]#N.[C-]#N.[Fe+6].[H-].[K+]. The van der Waals surface area contributed by atoms with Crippen LogP contribution in [0, 0.1) is 71.0 Å². The molecule has 0 unspecified atom stereocenters. The number of nitrogens with zero attached hydrogens (tertiary/aromatic N) is 6.